The van der Waals surface area contributed by atoms with Crippen LogP contribution in [0.4, 0.5) is 11.4 Å². The maximum Gasteiger partial charge on any atom is 0.288 e. The second kappa shape index (κ2) is 11.1. The molecule has 11 nitrogen and oxygen atoms in total. The Morgan fingerprint density at radius 1 is 1.07 bits per heavy atom. The number of aromatic nitrogens is 2. The van der Waals surface area contributed by atoms with E-state index in [0.29, 0.717) is 29.2 Å². The number of imidazole rings is 1. The fourth-order valence-electron chi connectivity index (χ4n) is 5.08. The number of amides is 2. The summed E-state index contributed by atoms with van der Waals surface area (Å²) in [6.07, 6.45) is 4.30. The maximum absolute atomic E-state index is 13.5. The number of rotatable bonds is 7. The highest BCUT2D eigenvalue weighted by molar-refractivity contribution is 7.92. The van der Waals surface area contributed by atoms with Gasteiger partial charge in [-0.3, -0.25) is 19.3 Å². The van der Waals surface area contributed by atoms with Gasteiger partial charge in [-0.25, -0.2) is 18.4 Å². The first-order valence-corrected chi connectivity index (χ1v) is 15.5. The predicted octanol–water partition coefficient (Wildman–Crippen LogP) is 4.44. The van der Waals surface area contributed by atoms with Crippen molar-refractivity contribution >= 4 is 33.2 Å². The van der Waals surface area contributed by atoms with Gasteiger partial charge in [-0.2, -0.15) is 0 Å². The lowest BCUT2D eigenvalue weighted by Crippen LogP contribution is -2.38. The normalized spacial score (nSPS) is 15.5. The summed E-state index contributed by atoms with van der Waals surface area (Å²) in [5.41, 5.74) is 3.26. The predicted molar refractivity (Wildman–Crippen MR) is 164 cm³/mol. The van der Waals surface area contributed by atoms with Gasteiger partial charge in [0.2, 0.25) is 10.0 Å². The van der Waals surface area contributed by atoms with Crippen molar-refractivity contribution in [2.75, 3.05) is 43.5 Å². The number of sulfonamides is 1. The number of carbonyl (C=O) groups is 2. The Hall–Kier alpha value is -3.90. The quantitative estimate of drug-likeness (QED) is 0.413. The third kappa shape index (κ3) is 6.76. The van der Waals surface area contributed by atoms with Gasteiger partial charge in [0.1, 0.15) is 12.0 Å². The van der Waals surface area contributed by atoms with Crippen LogP contribution in [0.2, 0.25) is 0 Å². The number of methoxy groups -OCH3 is 1. The number of carbonyl (C=O) groups excluding carboxylic acids is 2. The molecule has 4 rings (SSSR count). The first-order valence-electron chi connectivity index (χ1n) is 13.6. The minimum Gasteiger partial charge on any atom is -0.492 e. The van der Waals surface area contributed by atoms with Gasteiger partial charge in [0.25, 0.3) is 11.8 Å². The number of hydrogen-bond donors (Lipinski definition) is 2. The Labute approximate surface area is 247 Å². The summed E-state index contributed by atoms with van der Waals surface area (Å²) in [5, 5.41) is 6.52. The number of benzene rings is 2. The van der Waals surface area contributed by atoms with Crippen LogP contribution in [-0.4, -0.2) is 73.3 Å². The number of hydrogen-bond acceptors (Lipinski definition) is 7. The molecular formula is C30H40N6O5S. The van der Waals surface area contributed by atoms with E-state index in [1.54, 1.807) is 46.4 Å². The standard InChI is InChI=1S/C30H40N6O5S/c1-19-10-11-20(12-25(19)35-15-24(31-18-35)28(38)36-17-30(5,6)16-34(36)7)27(37)32-22-13-21(29(2,3)4)14-23(26(22)41-8)33-42(9,39)40/h10-15,18,33H,16-17H2,1-9H3,(H,32,37). The minimum absolute atomic E-state index is 0.0119. The third-order valence-corrected chi connectivity index (χ3v) is 7.73. The van der Waals surface area contributed by atoms with Crippen LogP contribution in [0, 0.1) is 12.3 Å². The highest BCUT2D eigenvalue weighted by Gasteiger charge is 2.37. The van der Waals surface area contributed by atoms with Crippen molar-refractivity contribution in [2.24, 2.45) is 5.41 Å². The molecule has 0 radical (unpaired) electrons. The van der Waals surface area contributed by atoms with E-state index < -0.39 is 15.9 Å². The molecule has 42 heavy (non-hydrogen) atoms. The molecule has 0 aliphatic carbocycles. The molecule has 1 aromatic heterocycles. The largest absolute Gasteiger partial charge is 0.492 e. The highest BCUT2D eigenvalue weighted by atomic mass is 32.2. The van der Waals surface area contributed by atoms with E-state index in [4.69, 9.17) is 4.74 Å². The number of aryl methyl sites for hydroxylation is 1. The Kier molecular flexibility index (Phi) is 8.18. The van der Waals surface area contributed by atoms with Gasteiger partial charge < -0.3 is 14.6 Å². The van der Waals surface area contributed by atoms with E-state index in [1.165, 1.54) is 7.11 Å². The first-order chi connectivity index (χ1) is 19.4. The van der Waals surface area contributed by atoms with Crippen molar-refractivity contribution in [2.45, 2.75) is 47.0 Å². The zero-order valence-electron chi connectivity index (χ0n) is 25.7. The van der Waals surface area contributed by atoms with Crippen LogP contribution in [0.25, 0.3) is 5.69 Å². The minimum atomic E-state index is -3.61. The molecule has 12 heteroatoms. The molecule has 226 valence electrons. The SMILES string of the molecule is COc1c(NC(=O)c2ccc(C)c(-n3cnc(C(=O)N4CC(C)(C)CN4C)c3)c2)cc(C(C)(C)C)cc1NS(C)(=O)=O. The number of hydrazine groups is 1. The van der Waals surface area contributed by atoms with E-state index in [-0.39, 0.29) is 28.2 Å². The van der Waals surface area contributed by atoms with Crippen molar-refractivity contribution in [3.8, 4) is 11.4 Å². The molecule has 2 N–H and O–H groups in total. The number of nitrogens with zero attached hydrogens (tertiary/aromatic N) is 4. The van der Waals surface area contributed by atoms with Crippen LogP contribution in [0.3, 0.4) is 0 Å². The summed E-state index contributed by atoms with van der Waals surface area (Å²) in [5.74, 6) is -0.400. The maximum atomic E-state index is 13.5. The van der Waals surface area contributed by atoms with E-state index >= 15 is 0 Å². The van der Waals surface area contributed by atoms with Gasteiger partial charge in [-0.05, 0) is 53.1 Å². The fraction of sp³-hybridized carbons (Fsp3) is 0.433. The molecule has 2 heterocycles. The summed E-state index contributed by atoms with van der Waals surface area (Å²) in [6, 6.07) is 8.74. The molecule has 2 amide bonds. The van der Waals surface area contributed by atoms with Crippen molar-refractivity contribution in [3.63, 3.8) is 0 Å². The summed E-state index contributed by atoms with van der Waals surface area (Å²) < 4.78 is 33.9. The van der Waals surface area contributed by atoms with Crippen molar-refractivity contribution < 1.29 is 22.7 Å². The van der Waals surface area contributed by atoms with Gasteiger partial charge in [0.05, 0.1) is 30.4 Å². The Morgan fingerprint density at radius 2 is 1.74 bits per heavy atom. The Balaban J connectivity index is 1.65. The van der Waals surface area contributed by atoms with Gasteiger partial charge >= 0.3 is 0 Å². The van der Waals surface area contributed by atoms with Crippen LogP contribution in [-0.2, 0) is 15.4 Å². The van der Waals surface area contributed by atoms with Gasteiger partial charge in [0, 0.05) is 31.9 Å². The lowest BCUT2D eigenvalue weighted by molar-refractivity contribution is 0.0334. The molecular weight excluding hydrogens is 556 g/mol. The molecule has 2 aromatic carbocycles. The average Bonchev–Trinajstić information content (AvgIpc) is 3.45. The molecule has 1 aliphatic heterocycles. The topological polar surface area (TPSA) is 126 Å². The summed E-state index contributed by atoms with van der Waals surface area (Å²) in [7, 11) is -0.304. The molecule has 0 bridgehead atoms. The molecule has 1 aliphatic rings. The lowest BCUT2D eigenvalue weighted by Gasteiger charge is -2.24. The van der Waals surface area contributed by atoms with Crippen LogP contribution in [0.15, 0.2) is 42.9 Å². The van der Waals surface area contributed by atoms with E-state index in [1.807, 2.05) is 45.8 Å². The smallest absolute Gasteiger partial charge is 0.288 e. The second-order valence-corrected chi connectivity index (χ2v) is 14.4. The van der Waals surface area contributed by atoms with Crippen LogP contribution < -0.4 is 14.8 Å². The van der Waals surface area contributed by atoms with Crippen LogP contribution in [0.5, 0.6) is 5.75 Å². The molecule has 1 saturated heterocycles. The third-order valence-electron chi connectivity index (χ3n) is 7.14. The number of ether oxygens (including phenoxy) is 1. The monoisotopic (exact) mass is 596 g/mol. The van der Waals surface area contributed by atoms with Crippen molar-refractivity contribution in [3.05, 3.63) is 65.2 Å². The van der Waals surface area contributed by atoms with Crippen molar-refractivity contribution in [1.82, 2.24) is 19.6 Å². The number of nitrogens with one attached hydrogen (secondary N) is 2. The molecule has 3 aromatic rings. The fourth-order valence-corrected chi connectivity index (χ4v) is 5.63. The van der Waals surface area contributed by atoms with Crippen molar-refractivity contribution in [1.29, 1.82) is 0 Å². The van der Waals surface area contributed by atoms with Gasteiger partial charge in [0.15, 0.2) is 5.75 Å². The molecule has 0 atom stereocenters. The Bertz CT molecular complexity index is 1640. The molecule has 0 unspecified atom stereocenters. The Morgan fingerprint density at radius 3 is 2.31 bits per heavy atom. The summed E-state index contributed by atoms with van der Waals surface area (Å²) in [6.45, 7) is 13.5. The van der Waals surface area contributed by atoms with Gasteiger partial charge in [-0.15, -0.1) is 0 Å². The first kappa shape index (κ1) is 31.0. The second-order valence-electron chi connectivity index (χ2n) is 12.7. The zero-order chi connectivity index (χ0) is 31.2. The van der Waals surface area contributed by atoms with Crippen LogP contribution in [0.1, 0.15) is 66.6 Å². The average molecular weight is 597 g/mol. The van der Waals surface area contributed by atoms with E-state index in [2.05, 4.69) is 28.9 Å². The van der Waals surface area contributed by atoms with E-state index in [0.717, 1.165) is 23.9 Å². The molecule has 0 saturated carbocycles. The highest BCUT2D eigenvalue weighted by Crippen LogP contribution is 2.39. The number of anilines is 2. The molecule has 1 fully saturated rings. The summed E-state index contributed by atoms with van der Waals surface area (Å²) >= 11 is 0. The van der Waals surface area contributed by atoms with Gasteiger partial charge in [-0.1, -0.05) is 40.7 Å². The lowest BCUT2D eigenvalue weighted by atomic mass is 9.86. The van der Waals surface area contributed by atoms with Crippen LogP contribution >= 0.6 is 0 Å². The summed E-state index contributed by atoms with van der Waals surface area (Å²) in [4.78, 5) is 31.1. The zero-order valence-corrected chi connectivity index (χ0v) is 26.5. The van der Waals surface area contributed by atoms with E-state index in [9.17, 15) is 18.0 Å². The molecule has 0 spiro atoms.